The van der Waals surface area contributed by atoms with E-state index in [2.05, 4.69) is 19.1 Å². The van der Waals surface area contributed by atoms with Gasteiger partial charge in [0.15, 0.2) is 5.78 Å². The summed E-state index contributed by atoms with van der Waals surface area (Å²) in [5.41, 5.74) is 3.10. The second-order valence-corrected chi connectivity index (χ2v) is 5.31. The molecule has 0 saturated heterocycles. The molecule has 0 amide bonds. The van der Waals surface area contributed by atoms with Crippen LogP contribution in [0.25, 0.3) is 0 Å². The SMILES string of the molecule is Cc1ccccc1SCC(=O)c1ccccc1C. The summed E-state index contributed by atoms with van der Waals surface area (Å²) >= 11 is 1.61. The Morgan fingerprint density at radius 1 is 0.944 bits per heavy atom. The summed E-state index contributed by atoms with van der Waals surface area (Å²) < 4.78 is 0. The summed E-state index contributed by atoms with van der Waals surface area (Å²) in [5, 5.41) is 0. The molecule has 0 atom stereocenters. The maximum Gasteiger partial charge on any atom is 0.173 e. The van der Waals surface area contributed by atoms with E-state index in [1.165, 1.54) is 10.5 Å². The Morgan fingerprint density at radius 2 is 1.56 bits per heavy atom. The van der Waals surface area contributed by atoms with Gasteiger partial charge in [-0.1, -0.05) is 42.5 Å². The molecule has 2 heteroatoms. The van der Waals surface area contributed by atoms with Crippen LogP contribution in [0.15, 0.2) is 53.4 Å². The van der Waals surface area contributed by atoms with Crippen molar-refractivity contribution >= 4 is 17.5 Å². The van der Waals surface area contributed by atoms with Gasteiger partial charge in [-0.15, -0.1) is 11.8 Å². The molecular weight excluding hydrogens is 240 g/mol. The summed E-state index contributed by atoms with van der Waals surface area (Å²) in [4.78, 5) is 13.3. The zero-order chi connectivity index (χ0) is 13.0. The lowest BCUT2D eigenvalue weighted by molar-refractivity contribution is 0.102. The predicted molar refractivity (Wildman–Crippen MR) is 77.4 cm³/mol. The first-order valence-electron chi connectivity index (χ1n) is 5.96. The average Bonchev–Trinajstić information content (AvgIpc) is 2.38. The molecule has 0 aromatic heterocycles. The van der Waals surface area contributed by atoms with Crippen molar-refractivity contribution in [3.05, 3.63) is 65.2 Å². The Hall–Kier alpha value is -1.54. The van der Waals surface area contributed by atoms with E-state index in [0.717, 1.165) is 11.1 Å². The molecule has 92 valence electrons. The van der Waals surface area contributed by atoms with Crippen LogP contribution in [0.3, 0.4) is 0 Å². The van der Waals surface area contributed by atoms with Crippen molar-refractivity contribution in [2.75, 3.05) is 5.75 Å². The van der Waals surface area contributed by atoms with Gasteiger partial charge in [0, 0.05) is 10.5 Å². The standard InChI is InChI=1S/C16H16OS/c1-12-7-3-5-9-14(12)15(17)11-18-16-10-6-4-8-13(16)2/h3-10H,11H2,1-2H3. The molecule has 2 rings (SSSR count). The van der Waals surface area contributed by atoms with Crippen molar-refractivity contribution in [3.63, 3.8) is 0 Å². The number of thioether (sulfide) groups is 1. The summed E-state index contributed by atoms with van der Waals surface area (Å²) in [6.45, 7) is 4.05. The van der Waals surface area contributed by atoms with Crippen LogP contribution in [0, 0.1) is 13.8 Å². The molecule has 0 aliphatic carbocycles. The highest BCUT2D eigenvalue weighted by molar-refractivity contribution is 8.00. The summed E-state index contributed by atoms with van der Waals surface area (Å²) in [6.07, 6.45) is 0. The predicted octanol–water partition coefficient (Wildman–Crippen LogP) is 4.28. The summed E-state index contributed by atoms with van der Waals surface area (Å²) in [5.74, 6) is 0.691. The van der Waals surface area contributed by atoms with Gasteiger partial charge in [0.2, 0.25) is 0 Å². The van der Waals surface area contributed by atoms with Gasteiger partial charge >= 0.3 is 0 Å². The van der Waals surface area contributed by atoms with Crippen molar-refractivity contribution in [2.24, 2.45) is 0 Å². The van der Waals surface area contributed by atoms with E-state index < -0.39 is 0 Å². The Kier molecular flexibility index (Phi) is 4.21. The molecule has 0 N–H and O–H groups in total. The lowest BCUT2D eigenvalue weighted by atomic mass is 10.1. The van der Waals surface area contributed by atoms with Crippen LogP contribution in [-0.4, -0.2) is 11.5 Å². The Morgan fingerprint density at radius 3 is 2.22 bits per heavy atom. The van der Waals surface area contributed by atoms with Gasteiger partial charge in [-0.05, 0) is 31.0 Å². The largest absolute Gasteiger partial charge is 0.293 e. The van der Waals surface area contributed by atoms with Crippen LogP contribution in [-0.2, 0) is 0 Å². The second-order valence-electron chi connectivity index (χ2n) is 4.29. The molecule has 0 fully saturated rings. The first-order chi connectivity index (χ1) is 8.68. The molecule has 0 saturated carbocycles. The Bertz CT molecular complexity index is 561. The minimum Gasteiger partial charge on any atom is -0.293 e. The van der Waals surface area contributed by atoms with Gasteiger partial charge in [0.05, 0.1) is 5.75 Å². The van der Waals surface area contributed by atoms with E-state index >= 15 is 0 Å². The van der Waals surface area contributed by atoms with E-state index in [1.54, 1.807) is 11.8 Å². The van der Waals surface area contributed by atoms with Crippen molar-refractivity contribution in [3.8, 4) is 0 Å². The average molecular weight is 256 g/mol. The molecular formula is C16H16OS. The summed E-state index contributed by atoms with van der Waals surface area (Å²) in [7, 11) is 0. The fraction of sp³-hybridized carbons (Fsp3) is 0.188. The van der Waals surface area contributed by atoms with Crippen LogP contribution in [0.4, 0.5) is 0 Å². The number of carbonyl (C=O) groups excluding carboxylic acids is 1. The lowest BCUT2D eigenvalue weighted by Gasteiger charge is -2.06. The third-order valence-electron chi connectivity index (χ3n) is 2.90. The van der Waals surface area contributed by atoms with E-state index in [1.807, 2.05) is 43.3 Å². The molecule has 0 aliphatic rings. The monoisotopic (exact) mass is 256 g/mol. The number of rotatable bonds is 4. The number of ketones is 1. The zero-order valence-corrected chi connectivity index (χ0v) is 11.5. The fourth-order valence-corrected chi connectivity index (χ4v) is 2.74. The highest BCUT2D eigenvalue weighted by Crippen LogP contribution is 2.23. The number of Topliss-reactive ketones (excluding diaryl/α,β-unsaturated/α-hetero) is 1. The maximum atomic E-state index is 12.1. The lowest BCUT2D eigenvalue weighted by Crippen LogP contribution is -2.04. The van der Waals surface area contributed by atoms with Gasteiger partial charge in [0.25, 0.3) is 0 Å². The summed E-state index contributed by atoms with van der Waals surface area (Å²) in [6, 6.07) is 15.9. The third-order valence-corrected chi connectivity index (χ3v) is 4.07. The van der Waals surface area contributed by atoms with Gasteiger partial charge in [-0.3, -0.25) is 4.79 Å². The molecule has 0 heterocycles. The second kappa shape index (κ2) is 5.87. The fourth-order valence-electron chi connectivity index (χ4n) is 1.83. The molecule has 0 bridgehead atoms. The topological polar surface area (TPSA) is 17.1 Å². The van der Waals surface area contributed by atoms with Gasteiger partial charge in [0.1, 0.15) is 0 Å². The number of carbonyl (C=O) groups is 1. The molecule has 1 nitrogen and oxygen atoms in total. The van der Waals surface area contributed by atoms with E-state index in [9.17, 15) is 4.79 Å². The van der Waals surface area contributed by atoms with Crippen molar-refractivity contribution in [1.82, 2.24) is 0 Å². The number of aryl methyl sites for hydroxylation is 2. The van der Waals surface area contributed by atoms with Gasteiger partial charge < -0.3 is 0 Å². The molecule has 18 heavy (non-hydrogen) atoms. The van der Waals surface area contributed by atoms with Crippen molar-refractivity contribution < 1.29 is 4.79 Å². The van der Waals surface area contributed by atoms with E-state index in [-0.39, 0.29) is 5.78 Å². The number of hydrogen-bond donors (Lipinski definition) is 0. The van der Waals surface area contributed by atoms with Crippen LogP contribution in [0.2, 0.25) is 0 Å². The van der Waals surface area contributed by atoms with Crippen molar-refractivity contribution in [1.29, 1.82) is 0 Å². The van der Waals surface area contributed by atoms with Gasteiger partial charge in [-0.25, -0.2) is 0 Å². The number of hydrogen-bond acceptors (Lipinski definition) is 2. The van der Waals surface area contributed by atoms with Crippen LogP contribution in [0.5, 0.6) is 0 Å². The highest BCUT2D eigenvalue weighted by Gasteiger charge is 2.09. The Balaban J connectivity index is 2.06. The van der Waals surface area contributed by atoms with Gasteiger partial charge in [-0.2, -0.15) is 0 Å². The highest BCUT2D eigenvalue weighted by atomic mass is 32.2. The smallest absolute Gasteiger partial charge is 0.173 e. The van der Waals surface area contributed by atoms with E-state index in [4.69, 9.17) is 0 Å². The normalized spacial score (nSPS) is 10.3. The Labute approximate surface area is 112 Å². The molecule has 0 spiro atoms. The minimum absolute atomic E-state index is 0.196. The first-order valence-corrected chi connectivity index (χ1v) is 6.94. The quantitative estimate of drug-likeness (QED) is 0.600. The molecule has 0 aliphatic heterocycles. The van der Waals surface area contributed by atoms with Crippen LogP contribution < -0.4 is 0 Å². The third kappa shape index (κ3) is 3.02. The molecule has 0 unspecified atom stereocenters. The van der Waals surface area contributed by atoms with Crippen molar-refractivity contribution in [2.45, 2.75) is 18.7 Å². The van der Waals surface area contributed by atoms with E-state index in [0.29, 0.717) is 5.75 Å². The molecule has 2 aromatic carbocycles. The minimum atomic E-state index is 0.196. The number of benzene rings is 2. The molecule has 2 aromatic rings. The zero-order valence-electron chi connectivity index (χ0n) is 10.6. The maximum absolute atomic E-state index is 12.1. The van der Waals surface area contributed by atoms with Crippen LogP contribution >= 0.6 is 11.8 Å². The van der Waals surface area contributed by atoms with Crippen LogP contribution in [0.1, 0.15) is 21.5 Å². The molecule has 0 radical (unpaired) electrons. The first kappa shape index (κ1) is 12.9.